The minimum atomic E-state index is 0.0981. The quantitative estimate of drug-likeness (QED) is 0.551. The van der Waals surface area contributed by atoms with Gasteiger partial charge in [-0.3, -0.25) is 0 Å². The van der Waals surface area contributed by atoms with Crippen LogP contribution in [0.2, 0.25) is 0 Å². The molecular formula is C16H17N3O. The first kappa shape index (κ1) is 12.5. The van der Waals surface area contributed by atoms with Crippen molar-refractivity contribution in [2.75, 3.05) is 5.73 Å². The Hall–Kier alpha value is -2.49. The van der Waals surface area contributed by atoms with E-state index in [0.717, 1.165) is 22.4 Å². The molecule has 0 spiro atoms. The van der Waals surface area contributed by atoms with Crippen LogP contribution in [0.1, 0.15) is 19.9 Å². The first-order valence-corrected chi connectivity index (χ1v) is 6.63. The Balaban J connectivity index is 2.29. The van der Waals surface area contributed by atoms with Gasteiger partial charge in [-0.15, -0.1) is 0 Å². The Morgan fingerprint density at radius 2 is 1.90 bits per heavy atom. The predicted octanol–water partition coefficient (Wildman–Crippen LogP) is 3.57. The van der Waals surface area contributed by atoms with Gasteiger partial charge in [-0.05, 0) is 44.2 Å². The van der Waals surface area contributed by atoms with E-state index in [1.807, 2.05) is 24.3 Å². The third-order valence-electron chi connectivity index (χ3n) is 3.40. The maximum Gasteiger partial charge on any atom is 0.141 e. The van der Waals surface area contributed by atoms with E-state index in [9.17, 15) is 5.11 Å². The van der Waals surface area contributed by atoms with Gasteiger partial charge in [0.15, 0.2) is 0 Å². The van der Waals surface area contributed by atoms with Gasteiger partial charge in [0.05, 0.1) is 16.7 Å². The number of fused-ring (bicyclic) bond motifs is 1. The molecule has 0 radical (unpaired) electrons. The van der Waals surface area contributed by atoms with Crippen molar-refractivity contribution in [2.45, 2.75) is 19.9 Å². The van der Waals surface area contributed by atoms with Crippen molar-refractivity contribution in [1.29, 1.82) is 0 Å². The normalized spacial score (nSPS) is 11.3. The summed E-state index contributed by atoms with van der Waals surface area (Å²) in [7, 11) is 0. The first-order valence-electron chi connectivity index (χ1n) is 6.63. The van der Waals surface area contributed by atoms with Crippen LogP contribution < -0.4 is 5.73 Å². The lowest BCUT2D eigenvalue weighted by molar-refractivity contribution is 0.478. The average molecular weight is 267 g/mol. The molecule has 0 amide bonds. The third kappa shape index (κ3) is 1.90. The van der Waals surface area contributed by atoms with E-state index >= 15 is 0 Å². The number of rotatable bonds is 2. The highest BCUT2D eigenvalue weighted by Gasteiger charge is 2.15. The zero-order valence-electron chi connectivity index (χ0n) is 11.5. The van der Waals surface area contributed by atoms with Crippen molar-refractivity contribution in [3.05, 3.63) is 42.5 Å². The molecule has 3 rings (SSSR count). The van der Waals surface area contributed by atoms with Crippen LogP contribution in [0.4, 0.5) is 5.69 Å². The summed E-state index contributed by atoms with van der Waals surface area (Å²) in [5.41, 5.74) is 9.13. The third-order valence-corrected chi connectivity index (χ3v) is 3.40. The number of aromatic hydroxyl groups is 1. The lowest BCUT2D eigenvalue weighted by Gasteiger charge is -2.13. The number of phenolic OH excluding ortho intramolecular Hbond substituents is 1. The van der Waals surface area contributed by atoms with Gasteiger partial charge >= 0.3 is 0 Å². The van der Waals surface area contributed by atoms with E-state index in [2.05, 4.69) is 24.5 Å². The Kier molecular flexibility index (Phi) is 2.86. The minimum absolute atomic E-state index is 0.0981. The zero-order valence-corrected chi connectivity index (χ0v) is 11.5. The Morgan fingerprint density at radius 1 is 1.15 bits per heavy atom. The van der Waals surface area contributed by atoms with Crippen LogP contribution in [0.5, 0.6) is 5.75 Å². The molecule has 0 aliphatic rings. The Bertz CT molecular complexity index is 774. The zero-order chi connectivity index (χ0) is 14.3. The van der Waals surface area contributed by atoms with Crippen LogP contribution in [0.3, 0.4) is 0 Å². The lowest BCUT2D eigenvalue weighted by Crippen LogP contribution is -2.03. The summed E-state index contributed by atoms with van der Waals surface area (Å²) in [5.74, 6) is 0.967. The number of hydrogen-bond acceptors (Lipinski definition) is 3. The maximum atomic E-state index is 9.56. The average Bonchev–Trinajstić information content (AvgIpc) is 2.81. The van der Waals surface area contributed by atoms with Gasteiger partial charge in [0.25, 0.3) is 0 Å². The number of phenols is 1. The van der Waals surface area contributed by atoms with E-state index in [1.54, 1.807) is 12.1 Å². The molecule has 0 saturated heterocycles. The number of nitrogen functional groups attached to an aromatic ring is 1. The number of imidazole rings is 1. The summed E-state index contributed by atoms with van der Waals surface area (Å²) in [6.07, 6.45) is 0. The standard InChI is InChI=1S/C16H17N3O/c1-10(2)19-14-6-4-3-5-13(14)18-16(19)11-7-8-15(20)12(17)9-11/h3-10,20H,17H2,1-2H3. The SMILES string of the molecule is CC(C)n1c(-c2ccc(O)c(N)c2)nc2ccccc21. The number of nitrogens with zero attached hydrogens (tertiary/aromatic N) is 2. The molecule has 4 heteroatoms. The second-order valence-electron chi connectivity index (χ2n) is 5.16. The van der Waals surface area contributed by atoms with Crippen molar-refractivity contribution in [3.63, 3.8) is 0 Å². The van der Waals surface area contributed by atoms with Gasteiger partial charge in [-0.1, -0.05) is 12.1 Å². The van der Waals surface area contributed by atoms with Crippen molar-refractivity contribution in [3.8, 4) is 17.1 Å². The molecule has 1 heterocycles. The Morgan fingerprint density at radius 3 is 2.60 bits per heavy atom. The number of benzene rings is 2. The van der Waals surface area contributed by atoms with Crippen LogP contribution in [0, 0.1) is 0 Å². The lowest BCUT2D eigenvalue weighted by atomic mass is 10.1. The molecule has 102 valence electrons. The molecular weight excluding hydrogens is 250 g/mol. The highest BCUT2D eigenvalue weighted by Crippen LogP contribution is 2.31. The molecule has 0 aliphatic carbocycles. The molecule has 20 heavy (non-hydrogen) atoms. The van der Waals surface area contributed by atoms with Crippen LogP contribution in [0.15, 0.2) is 42.5 Å². The molecule has 0 saturated carbocycles. The highest BCUT2D eigenvalue weighted by atomic mass is 16.3. The van der Waals surface area contributed by atoms with Crippen molar-refractivity contribution >= 4 is 16.7 Å². The molecule has 1 aromatic heterocycles. The minimum Gasteiger partial charge on any atom is -0.506 e. The molecule has 0 bridgehead atoms. The van der Waals surface area contributed by atoms with Crippen LogP contribution >= 0.6 is 0 Å². The molecule has 3 N–H and O–H groups in total. The second-order valence-corrected chi connectivity index (χ2v) is 5.16. The molecule has 0 fully saturated rings. The van der Waals surface area contributed by atoms with Crippen molar-refractivity contribution in [1.82, 2.24) is 9.55 Å². The smallest absolute Gasteiger partial charge is 0.141 e. The van der Waals surface area contributed by atoms with E-state index in [0.29, 0.717) is 5.69 Å². The van der Waals surface area contributed by atoms with E-state index in [-0.39, 0.29) is 11.8 Å². The fourth-order valence-corrected chi connectivity index (χ4v) is 2.46. The van der Waals surface area contributed by atoms with Crippen LogP contribution in [0.25, 0.3) is 22.4 Å². The van der Waals surface area contributed by atoms with E-state index in [4.69, 9.17) is 10.7 Å². The molecule has 3 aromatic rings. The number of aromatic nitrogens is 2. The number of nitrogens with two attached hydrogens (primary N) is 1. The molecule has 0 atom stereocenters. The number of para-hydroxylation sites is 2. The second kappa shape index (κ2) is 4.56. The van der Waals surface area contributed by atoms with Gasteiger partial charge in [0.2, 0.25) is 0 Å². The predicted molar refractivity (Wildman–Crippen MR) is 81.6 cm³/mol. The molecule has 2 aromatic carbocycles. The molecule has 0 unspecified atom stereocenters. The summed E-state index contributed by atoms with van der Waals surface area (Å²) in [6, 6.07) is 13.5. The summed E-state index contributed by atoms with van der Waals surface area (Å²) >= 11 is 0. The maximum absolute atomic E-state index is 9.56. The fraction of sp³-hybridized carbons (Fsp3) is 0.188. The van der Waals surface area contributed by atoms with Gasteiger partial charge in [0, 0.05) is 11.6 Å². The first-order chi connectivity index (χ1) is 9.58. The molecule has 0 aliphatic heterocycles. The number of hydrogen-bond donors (Lipinski definition) is 2. The summed E-state index contributed by atoms with van der Waals surface area (Å²) in [6.45, 7) is 4.25. The molecule has 4 nitrogen and oxygen atoms in total. The van der Waals surface area contributed by atoms with Gasteiger partial charge < -0.3 is 15.4 Å². The summed E-state index contributed by atoms with van der Waals surface area (Å²) in [4.78, 5) is 4.70. The summed E-state index contributed by atoms with van der Waals surface area (Å²) < 4.78 is 2.18. The topological polar surface area (TPSA) is 64.1 Å². The fourth-order valence-electron chi connectivity index (χ4n) is 2.46. The van der Waals surface area contributed by atoms with Gasteiger partial charge in [-0.25, -0.2) is 4.98 Å². The Labute approximate surface area is 117 Å². The summed E-state index contributed by atoms with van der Waals surface area (Å²) in [5, 5.41) is 9.56. The van der Waals surface area contributed by atoms with Gasteiger partial charge in [0.1, 0.15) is 11.6 Å². The van der Waals surface area contributed by atoms with Crippen molar-refractivity contribution in [2.24, 2.45) is 0 Å². The van der Waals surface area contributed by atoms with Gasteiger partial charge in [-0.2, -0.15) is 0 Å². The van der Waals surface area contributed by atoms with Crippen LogP contribution in [-0.4, -0.2) is 14.7 Å². The van der Waals surface area contributed by atoms with E-state index < -0.39 is 0 Å². The van der Waals surface area contributed by atoms with E-state index in [1.165, 1.54) is 0 Å². The highest BCUT2D eigenvalue weighted by molar-refractivity contribution is 5.81. The monoisotopic (exact) mass is 267 g/mol. The van der Waals surface area contributed by atoms with Crippen molar-refractivity contribution < 1.29 is 5.11 Å². The number of anilines is 1. The largest absolute Gasteiger partial charge is 0.506 e. The van der Waals surface area contributed by atoms with Crippen LogP contribution in [-0.2, 0) is 0 Å².